The summed E-state index contributed by atoms with van der Waals surface area (Å²) in [7, 11) is 0. The molecule has 5 rings (SSSR count). The van der Waals surface area contributed by atoms with Crippen molar-refractivity contribution >= 4 is 17.5 Å². The minimum Gasteiger partial charge on any atom is -0.472 e. The van der Waals surface area contributed by atoms with Crippen LogP contribution in [0.1, 0.15) is 39.3 Å². The second kappa shape index (κ2) is 10.4. The van der Waals surface area contributed by atoms with Crippen LogP contribution in [0.15, 0.2) is 84.1 Å². The van der Waals surface area contributed by atoms with Crippen LogP contribution < -0.4 is 5.32 Å². The zero-order chi connectivity index (χ0) is 24.0. The largest absolute Gasteiger partial charge is 0.472 e. The number of nitrogens with one attached hydrogen (secondary N) is 1. The smallest absolute Gasteiger partial charge is 0.259 e. The van der Waals surface area contributed by atoms with E-state index < -0.39 is 0 Å². The maximum absolute atomic E-state index is 13.1. The summed E-state index contributed by atoms with van der Waals surface area (Å²) < 4.78 is 12.6. The van der Waals surface area contributed by atoms with Crippen molar-refractivity contribution in [1.82, 2.24) is 19.7 Å². The first-order chi connectivity index (χ1) is 17.2. The highest BCUT2D eigenvalue weighted by atomic mass is 16.5. The third-order valence-corrected chi connectivity index (χ3v) is 5.86. The van der Waals surface area contributed by atoms with Crippen molar-refractivity contribution < 1.29 is 18.7 Å². The number of anilines is 1. The number of hydrogen-bond acceptors (Lipinski definition) is 6. The Kier molecular flexibility index (Phi) is 6.67. The predicted octanol–water partition coefficient (Wildman–Crippen LogP) is 3.93. The number of carbonyl (C=O) groups is 2. The van der Waals surface area contributed by atoms with Crippen LogP contribution >= 0.6 is 0 Å². The Morgan fingerprint density at radius 1 is 1.11 bits per heavy atom. The number of nitrogens with zero attached hydrogens (tertiary/aromatic N) is 4. The number of rotatable bonds is 7. The van der Waals surface area contributed by atoms with Crippen LogP contribution in [0.4, 0.5) is 5.69 Å². The first kappa shape index (κ1) is 22.5. The Hall–Kier alpha value is -4.24. The fraction of sp³-hybridized carbons (Fsp3) is 0.231. The molecule has 4 heterocycles. The van der Waals surface area contributed by atoms with Crippen LogP contribution in [0.5, 0.6) is 0 Å². The SMILES string of the molecule is O=C(Nc1cnn(-c2ccc(C(=O)N3CCC[C@H](OCc4ccccn4)C3)cc2)c1)c1ccoc1. The van der Waals surface area contributed by atoms with Gasteiger partial charge in [0.15, 0.2) is 0 Å². The number of hydrogen-bond donors (Lipinski definition) is 1. The fourth-order valence-corrected chi connectivity index (χ4v) is 4.01. The Labute approximate surface area is 202 Å². The van der Waals surface area contributed by atoms with E-state index in [2.05, 4.69) is 15.4 Å². The van der Waals surface area contributed by atoms with Crippen LogP contribution in [-0.4, -0.2) is 50.7 Å². The number of ether oxygens (including phenoxy) is 1. The maximum Gasteiger partial charge on any atom is 0.259 e. The second-order valence-corrected chi connectivity index (χ2v) is 8.33. The molecule has 1 saturated heterocycles. The monoisotopic (exact) mass is 471 g/mol. The summed E-state index contributed by atoms with van der Waals surface area (Å²) in [6, 6.07) is 14.6. The summed E-state index contributed by atoms with van der Waals surface area (Å²) in [5, 5.41) is 7.08. The summed E-state index contributed by atoms with van der Waals surface area (Å²) in [4.78, 5) is 31.4. The fourth-order valence-electron chi connectivity index (χ4n) is 4.01. The van der Waals surface area contributed by atoms with Gasteiger partial charge in [-0.05, 0) is 55.3 Å². The van der Waals surface area contributed by atoms with Gasteiger partial charge in [-0.25, -0.2) is 4.68 Å². The molecule has 1 aliphatic rings. The number of pyridine rings is 1. The van der Waals surface area contributed by atoms with Gasteiger partial charge >= 0.3 is 0 Å². The highest BCUT2D eigenvalue weighted by Gasteiger charge is 2.25. The number of amides is 2. The van der Waals surface area contributed by atoms with E-state index in [0.29, 0.717) is 36.5 Å². The minimum atomic E-state index is -0.275. The van der Waals surface area contributed by atoms with Crippen molar-refractivity contribution in [2.45, 2.75) is 25.6 Å². The van der Waals surface area contributed by atoms with Crippen molar-refractivity contribution in [3.05, 3.63) is 96.5 Å². The molecular formula is C26H25N5O4. The van der Waals surface area contributed by atoms with Crippen LogP contribution in [-0.2, 0) is 11.3 Å². The van der Waals surface area contributed by atoms with Crippen molar-refractivity contribution in [2.75, 3.05) is 18.4 Å². The normalized spacial score (nSPS) is 15.7. The lowest BCUT2D eigenvalue weighted by Gasteiger charge is -2.32. The minimum absolute atomic E-state index is 0.00580. The van der Waals surface area contributed by atoms with Gasteiger partial charge in [0.1, 0.15) is 6.26 Å². The molecule has 1 fully saturated rings. The first-order valence-corrected chi connectivity index (χ1v) is 11.5. The van der Waals surface area contributed by atoms with E-state index in [-0.39, 0.29) is 17.9 Å². The number of furan rings is 1. The highest BCUT2D eigenvalue weighted by molar-refractivity contribution is 6.03. The molecule has 1 N–H and O–H groups in total. The summed E-state index contributed by atoms with van der Waals surface area (Å²) in [5.41, 5.74) is 3.26. The van der Waals surface area contributed by atoms with Gasteiger partial charge < -0.3 is 19.4 Å². The summed E-state index contributed by atoms with van der Waals surface area (Å²) in [5.74, 6) is -0.292. The number of likely N-dealkylation sites (tertiary alicyclic amines) is 1. The van der Waals surface area contributed by atoms with E-state index in [1.165, 1.54) is 12.5 Å². The van der Waals surface area contributed by atoms with Gasteiger partial charge in [0.05, 0.1) is 54.0 Å². The molecule has 1 aliphatic heterocycles. The van der Waals surface area contributed by atoms with E-state index in [0.717, 1.165) is 24.2 Å². The van der Waals surface area contributed by atoms with Crippen LogP contribution in [0.2, 0.25) is 0 Å². The quantitative estimate of drug-likeness (QED) is 0.438. The lowest BCUT2D eigenvalue weighted by molar-refractivity contribution is -0.00785. The Balaban J connectivity index is 1.18. The third kappa shape index (κ3) is 5.47. The summed E-state index contributed by atoms with van der Waals surface area (Å²) >= 11 is 0. The Bertz CT molecular complexity index is 1270. The number of benzene rings is 1. The molecule has 4 aromatic rings. The van der Waals surface area contributed by atoms with Crippen LogP contribution in [0, 0.1) is 0 Å². The van der Waals surface area contributed by atoms with Gasteiger partial charge in [0, 0.05) is 24.8 Å². The highest BCUT2D eigenvalue weighted by Crippen LogP contribution is 2.19. The van der Waals surface area contributed by atoms with Crippen molar-refractivity contribution in [3.63, 3.8) is 0 Å². The Morgan fingerprint density at radius 3 is 2.77 bits per heavy atom. The average Bonchev–Trinajstić information content (AvgIpc) is 3.61. The standard InChI is InChI=1S/C26H25N5O4/c32-25(20-10-13-34-17-20)29-22-14-28-31(15-22)23-8-6-19(7-9-23)26(33)30-12-3-5-24(16-30)35-18-21-4-1-2-11-27-21/h1-2,4,6-11,13-15,17,24H,3,5,12,16,18H2,(H,29,32)/t24-/m0/s1. The number of carbonyl (C=O) groups excluding carboxylic acids is 2. The predicted molar refractivity (Wildman–Crippen MR) is 128 cm³/mol. The molecule has 0 aliphatic carbocycles. The molecule has 35 heavy (non-hydrogen) atoms. The average molecular weight is 472 g/mol. The van der Waals surface area contributed by atoms with Gasteiger partial charge in [-0.3, -0.25) is 14.6 Å². The van der Waals surface area contributed by atoms with E-state index in [4.69, 9.17) is 9.15 Å². The molecule has 1 aromatic carbocycles. The molecule has 1 atom stereocenters. The van der Waals surface area contributed by atoms with E-state index in [1.807, 2.05) is 35.2 Å². The molecule has 0 spiro atoms. The lowest BCUT2D eigenvalue weighted by atomic mass is 10.1. The van der Waals surface area contributed by atoms with Crippen molar-refractivity contribution in [2.24, 2.45) is 0 Å². The van der Waals surface area contributed by atoms with Gasteiger partial charge in [0.25, 0.3) is 11.8 Å². The van der Waals surface area contributed by atoms with E-state index in [1.54, 1.807) is 41.5 Å². The van der Waals surface area contributed by atoms with E-state index >= 15 is 0 Å². The number of aromatic nitrogens is 3. The molecule has 178 valence electrons. The van der Waals surface area contributed by atoms with Crippen LogP contribution in [0.3, 0.4) is 0 Å². The maximum atomic E-state index is 13.1. The molecular weight excluding hydrogens is 446 g/mol. The Morgan fingerprint density at radius 2 is 2.00 bits per heavy atom. The van der Waals surface area contributed by atoms with Gasteiger partial charge in [-0.15, -0.1) is 0 Å². The molecule has 9 heteroatoms. The first-order valence-electron chi connectivity index (χ1n) is 11.5. The van der Waals surface area contributed by atoms with Gasteiger partial charge in [-0.1, -0.05) is 6.07 Å². The summed E-state index contributed by atoms with van der Waals surface area (Å²) in [6.45, 7) is 1.71. The van der Waals surface area contributed by atoms with Crippen LogP contribution in [0.25, 0.3) is 5.69 Å². The molecule has 0 bridgehead atoms. The zero-order valence-corrected chi connectivity index (χ0v) is 19.0. The third-order valence-electron chi connectivity index (χ3n) is 5.86. The molecule has 9 nitrogen and oxygen atoms in total. The van der Waals surface area contributed by atoms with Crippen molar-refractivity contribution in [1.29, 1.82) is 0 Å². The molecule has 0 unspecified atom stereocenters. The van der Waals surface area contributed by atoms with Crippen molar-refractivity contribution in [3.8, 4) is 5.69 Å². The molecule has 2 amide bonds. The summed E-state index contributed by atoms with van der Waals surface area (Å²) in [6.07, 6.45) is 9.67. The van der Waals surface area contributed by atoms with Gasteiger partial charge in [-0.2, -0.15) is 5.10 Å². The second-order valence-electron chi connectivity index (χ2n) is 8.33. The molecule has 3 aromatic heterocycles. The molecule has 0 saturated carbocycles. The molecule has 0 radical (unpaired) electrons. The number of piperidine rings is 1. The zero-order valence-electron chi connectivity index (χ0n) is 19.0. The van der Waals surface area contributed by atoms with Gasteiger partial charge in [0.2, 0.25) is 0 Å². The topological polar surface area (TPSA) is 102 Å². The van der Waals surface area contributed by atoms with E-state index in [9.17, 15) is 9.59 Å². The lowest BCUT2D eigenvalue weighted by Crippen LogP contribution is -2.43.